The van der Waals surface area contributed by atoms with Crippen molar-refractivity contribution in [2.75, 3.05) is 13.1 Å². The molecule has 2 aromatic carbocycles. The lowest BCUT2D eigenvalue weighted by Crippen LogP contribution is -2.64. The van der Waals surface area contributed by atoms with Gasteiger partial charge in [-0.1, -0.05) is 0 Å². The van der Waals surface area contributed by atoms with Crippen LogP contribution in [0.3, 0.4) is 0 Å². The molecule has 2 rings (SSSR count). The van der Waals surface area contributed by atoms with E-state index in [4.69, 9.17) is 30.6 Å². The van der Waals surface area contributed by atoms with E-state index in [1.807, 2.05) is 0 Å². The second-order valence-corrected chi connectivity index (χ2v) is 7.00. The number of carbonyl (C=O) groups is 8. The summed E-state index contributed by atoms with van der Waals surface area (Å²) in [7, 11) is 0. The normalized spacial score (nSPS) is 9.10. The maximum atomic E-state index is 10.8. The minimum Gasteiger partial charge on any atom is -0.545 e. The Morgan fingerprint density at radius 2 is 0.571 bits per heavy atom. The molecule has 2 aromatic rings. The third kappa shape index (κ3) is 10.7. The average molecular weight is 604 g/mol. The number of hydrogen-bond acceptors (Lipinski definition) is 10. The molecule has 16 N–H and O–H groups in total. The van der Waals surface area contributed by atoms with Gasteiger partial charge in [-0.05, 0) is 24.3 Å². The van der Waals surface area contributed by atoms with Crippen LogP contribution in [0, 0.1) is 0 Å². The summed E-state index contributed by atoms with van der Waals surface area (Å²) in [5.41, 5.74) is 0.304. The largest absolute Gasteiger partial charge is 0.545 e. The van der Waals surface area contributed by atoms with Crippen molar-refractivity contribution in [3.05, 3.63) is 68.8 Å². The van der Waals surface area contributed by atoms with E-state index >= 15 is 0 Å². The molecule has 0 aliphatic heterocycles. The second-order valence-electron chi connectivity index (χ2n) is 7.00. The van der Waals surface area contributed by atoms with E-state index in [9.17, 15) is 48.6 Å². The Morgan fingerprint density at radius 1 is 0.429 bits per heavy atom. The van der Waals surface area contributed by atoms with E-state index in [0.717, 1.165) is 13.1 Å². The molecule has 0 fully saturated rings. The lowest BCUT2D eigenvalue weighted by molar-refractivity contribution is -0.453. The smallest absolute Gasteiger partial charge is 0.336 e. The zero-order valence-electron chi connectivity index (χ0n) is 20.9. The van der Waals surface area contributed by atoms with Crippen LogP contribution >= 0.6 is 0 Å². The molecule has 0 radical (unpaired) electrons. The minimum atomic E-state index is -1.91. The Labute approximate surface area is 231 Å². The third-order valence-corrected chi connectivity index (χ3v) is 4.39. The minimum absolute atomic E-state index is 0. The fraction of sp³-hybridized carbons (Fsp3) is 0.0909. The van der Waals surface area contributed by atoms with Gasteiger partial charge in [0.25, 0.3) is 0 Å². The maximum Gasteiger partial charge on any atom is 0.336 e. The van der Waals surface area contributed by atoms with Crippen molar-refractivity contribution >= 4 is 47.8 Å². The van der Waals surface area contributed by atoms with Crippen LogP contribution < -0.4 is 21.7 Å². The van der Waals surface area contributed by atoms with Gasteiger partial charge >= 0.3 is 35.8 Å². The van der Waals surface area contributed by atoms with Crippen molar-refractivity contribution in [2.24, 2.45) is 0 Å². The molecule has 0 saturated carbocycles. The summed E-state index contributed by atoms with van der Waals surface area (Å²) in [6.07, 6.45) is 0. The monoisotopic (exact) mass is 604 g/mol. The van der Waals surface area contributed by atoms with Crippen molar-refractivity contribution in [1.29, 1.82) is 0 Å². The van der Waals surface area contributed by atoms with Crippen molar-refractivity contribution in [3.63, 3.8) is 0 Å². The summed E-state index contributed by atoms with van der Waals surface area (Å²) < 4.78 is 0. The van der Waals surface area contributed by atoms with Gasteiger partial charge in [0.15, 0.2) is 0 Å². The number of quaternary nitrogens is 2. The standard InChI is InChI=1S/2C10H6O8.C2H8N2.2H2O/c2*11-7(12)3-1-4(8(13)14)6(10(17)18)2-5(3)9(15)16;3-1-2-4;;/h2*1-2H,(H,11,12)(H,13,14)(H,15,16)(H,17,18);1-4H2;2*1H2. The molecule has 0 aliphatic rings. The van der Waals surface area contributed by atoms with Gasteiger partial charge in [0.05, 0.1) is 45.3 Å². The van der Waals surface area contributed by atoms with Crippen molar-refractivity contribution in [2.45, 2.75) is 0 Å². The first kappa shape index (κ1) is 40.5. The lowest BCUT2D eigenvalue weighted by Gasteiger charge is -2.10. The van der Waals surface area contributed by atoms with Crippen LogP contribution in [0.1, 0.15) is 82.9 Å². The Bertz CT molecular complexity index is 1100. The van der Waals surface area contributed by atoms with Gasteiger partial charge in [-0.25, -0.2) is 28.8 Å². The predicted octanol–water partition coefficient (Wildman–Crippen LogP) is -5.89. The second kappa shape index (κ2) is 17.6. The van der Waals surface area contributed by atoms with Crippen LogP contribution in [0.25, 0.3) is 0 Å². The molecule has 0 heterocycles. The molecule has 230 valence electrons. The van der Waals surface area contributed by atoms with Gasteiger partial charge in [-0.3, -0.25) is 0 Å². The fourth-order valence-electron chi connectivity index (χ4n) is 2.60. The van der Waals surface area contributed by atoms with Gasteiger partial charge in [0.1, 0.15) is 13.1 Å². The van der Waals surface area contributed by atoms with Gasteiger partial charge in [0, 0.05) is 11.1 Å². The highest BCUT2D eigenvalue weighted by Crippen LogP contribution is 2.19. The molecule has 0 atom stereocenters. The number of benzene rings is 2. The molecule has 0 bridgehead atoms. The van der Waals surface area contributed by atoms with Crippen LogP contribution in [-0.2, 0) is 0 Å². The van der Waals surface area contributed by atoms with E-state index in [0.29, 0.717) is 24.3 Å². The molecule has 0 spiro atoms. The van der Waals surface area contributed by atoms with Crippen LogP contribution in [0.5, 0.6) is 0 Å². The molecular weight excluding hydrogens is 580 g/mol. The maximum absolute atomic E-state index is 10.8. The number of rotatable bonds is 9. The predicted molar refractivity (Wildman–Crippen MR) is 126 cm³/mol. The molecule has 0 unspecified atom stereocenters. The van der Waals surface area contributed by atoms with Crippen LogP contribution in [0.15, 0.2) is 24.3 Å². The highest BCUT2D eigenvalue weighted by atomic mass is 16.4. The van der Waals surface area contributed by atoms with Gasteiger partial charge < -0.3 is 72.9 Å². The van der Waals surface area contributed by atoms with Gasteiger partial charge in [0.2, 0.25) is 0 Å². The SMILES string of the molecule is O.O.O=C([O-])c1cc(C(=O)O)c(C(=O)O)cc1C(=O)O.O=C([O-])c1cc(C(=O)O)c(C(=O)O)cc1C(=O)O.[NH3+]CC[NH3+]. The van der Waals surface area contributed by atoms with Crippen molar-refractivity contribution in [1.82, 2.24) is 0 Å². The summed E-state index contributed by atoms with van der Waals surface area (Å²) in [6.45, 7) is 1.92. The lowest BCUT2D eigenvalue weighted by atomic mass is 9.98. The van der Waals surface area contributed by atoms with E-state index in [1.54, 1.807) is 0 Å². The summed E-state index contributed by atoms with van der Waals surface area (Å²) in [4.78, 5) is 85.9. The fourth-order valence-corrected chi connectivity index (χ4v) is 2.60. The molecule has 0 saturated heterocycles. The van der Waals surface area contributed by atoms with Gasteiger partial charge in [-0.2, -0.15) is 0 Å². The molecule has 20 nitrogen and oxygen atoms in total. The van der Waals surface area contributed by atoms with Crippen LogP contribution in [0.2, 0.25) is 0 Å². The van der Waals surface area contributed by atoms with Crippen molar-refractivity contribution < 1.29 is 102 Å². The molecule has 20 heteroatoms. The molecular formula is C22H24N2O18. The van der Waals surface area contributed by atoms with Crippen molar-refractivity contribution in [3.8, 4) is 0 Å². The Morgan fingerprint density at radius 3 is 0.690 bits per heavy atom. The molecule has 42 heavy (non-hydrogen) atoms. The molecule has 0 amide bonds. The van der Waals surface area contributed by atoms with Crippen LogP contribution in [-0.4, -0.2) is 102 Å². The number of carbonyl (C=O) groups excluding carboxylic acids is 2. The zero-order valence-corrected chi connectivity index (χ0v) is 20.9. The first-order valence-electron chi connectivity index (χ1n) is 10.2. The Kier molecular flexibility index (Phi) is 17.0. The summed E-state index contributed by atoms with van der Waals surface area (Å²) in [5.74, 6) is -14.0. The van der Waals surface area contributed by atoms with Crippen LogP contribution in [0.4, 0.5) is 0 Å². The number of carboxylic acid groups (broad SMARTS) is 8. The first-order chi connectivity index (χ1) is 18.4. The highest BCUT2D eigenvalue weighted by Gasteiger charge is 2.23. The molecule has 0 aliphatic carbocycles. The number of carboxylic acids is 8. The van der Waals surface area contributed by atoms with E-state index in [1.165, 1.54) is 0 Å². The quantitative estimate of drug-likeness (QED) is 0.132. The Hall–Kier alpha value is -5.96. The summed E-state index contributed by atoms with van der Waals surface area (Å²) in [6, 6.07) is 1.84. The van der Waals surface area contributed by atoms with Gasteiger partial charge in [-0.15, -0.1) is 0 Å². The highest BCUT2D eigenvalue weighted by molar-refractivity contribution is 6.09. The topological polar surface area (TPSA) is 422 Å². The number of hydrogen-bond donors (Lipinski definition) is 8. The average Bonchev–Trinajstić information content (AvgIpc) is 2.86. The first-order valence-corrected chi connectivity index (χ1v) is 10.2. The third-order valence-electron chi connectivity index (χ3n) is 4.39. The van der Waals surface area contributed by atoms with E-state index < -0.39 is 92.3 Å². The summed E-state index contributed by atoms with van der Waals surface area (Å²) >= 11 is 0. The van der Waals surface area contributed by atoms with E-state index in [-0.39, 0.29) is 11.0 Å². The van der Waals surface area contributed by atoms with E-state index in [2.05, 4.69) is 11.5 Å². The summed E-state index contributed by atoms with van der Waals surface area (Å²) in [5, 5.41) is 73.7. The number of aromatic carboxylic acids is 8. The zero-order chi connectivity index (χ0) is 31.5. The Balaban J connectivity index is -0.000000616. The molecule has 0 aromatic heterocycles.